The van der Waals surface area contributed by atoms with Crippen LogP contribution in [-0.2, 0) is 13.0 Å². The summed E-state index contributed by atoms with van der Waals surface area (Å²) >= 11 is 7.77. The first-order valence-electron chi connectivity index (χ1n) is 6.88. The van der Waals surface area contributed by atoms with E-state index in [1.165, 1.54) is 0 Å². The van der Waals surface area contributed by atoms with Crippen molar-refractivity contribution in [2.75, 3.05) is 0 Å². The summed E-state index contributed by atoms with van der Waals surface area (Å²) in [7, 11) is 0. The summed E-state index contributed by atoms with van der Waals surface area (Å²) in [4.78, 5) is 15.8. The third kappa shape index (κ3) is 2.87. The van der Waals surface area contributed by atoms with Crippen LogP contribution in [0.1, 0.15) is 34.4 Å². The molecule has 0 saturated heterocycles. The van der Waals surface area contributed by atoms with Gasteiger partial charge in [0.05, 0.1) is 22.8 Å². The molecule has 0 N–H and O–H groups in total. The van der Waals surface area contributed by atoms with E-state index in [0.717, 1.165) is 40.7 Å². The summed E-state index contributed by atoms with van der Waals surface area (Å²) in [5.74, 6) is 0. The van der Waals surface area contributed by atoms with Gasteiger partial charge in [0.1, 0.15) is 0 Å². The van der Waals surface area contributed by atoms with Crippen LogP contribution in [-0.4, -0.2) is 15.8 Å². The zero-order valence-electron chi connectivity index (χ0n) is 11.7. The van der Waals surface area contributed by atoms with Crippen molar-refractivity contribution in [1.82, 2.24) is 9.55 Å². The van der Waals surface area contributed by atoms with Crippen molar-refractivity contribution in [1.29, 1.82) is 0 Å². The molecule has 21 heavy (non-hydrogen) atoms. The molecular formula is C16H15ClN2OS. The number of carbonyl (C=O) groups excluding carboxylic acids is 1. The molecule has 3 aromatic rings. The Morgan fingerprint density at radius 2 is 2.29 bits per heavy atom. The number of aldehydes is 1. The van der Waals surface area contributed by atoms with E-state index < -0.39 is 0 Å². The predicted molar refractivity (Wildman–Crippen MR) is 87.5 cm³/mol. The lowest BCUT2D eigenvalue weighted by Gasteiger charge is -2.03. The molecule has 0 radical (unpaired) electrons. The first kappa shape index (κ1) is 14.3. The molecule has 0 spiro atoms. The summed E-state index contributed by atoms with van der Waals surface area (Å²) in [6.45, 7) is 2.81. The first-order valence-corrected chi connectivity index (χ1v) is 8.14. The lowest BCUT2D eigenvalue weighted by atomic mass is 10.2. The second kappa shape index (κ2) is 6.00. The highest BCUT2D eigenvalue weighted by atomic mass is 35.5. The monoisotopic (exact) mass is 318 g/mol. The standard InChI is InChI=1S/C16H15ClN2OS/c1-2-3-16-18-13(10-21-16)8-19-7-11(9-20)14-5-4-12(17)6-15(14)19/h4-7,9-10H,2-3,8H2,1H3. The minimum atomic E-state index is 0.658. The van der Waals surface area contributed by atoms with Gasteiger partial charge in [-0.3, -0.25) is 4.79 Å². The molecular weight excluding hydrogens is 304 g/mol. The minimum absolute atomic E-state index is 0.658. The number of hydrogen-bond acceptors (Lipinski definition) is 3. The molecule has 0 atom stereocenters. The number of halogens is 1. The van der Waals surface area contributed by atoms with Gasteiger partial charge in [-0.1, -0.05) is 24.6 Å². The van der Waals surface area contributed by atoms with Gasteiger partial charge in [-0.05, 0) is 25.0 Å². The van der Waals surface area contributed by atoms with Gasteiger partial charge in [-0.25, -0.2) is 4.98 Å². The van der Waals surface area contributed by atoms with Crippen LogP contribution < -0.4 is 0 Å². The maximum Gasteiger partial charge on any atom is 0.152 e. The van der Waals surface area contributed by atoms with E-state index in [4.69, 9.17) is 11.6 Å². The zero-order chi connectivity index (χ0) is 14.8. The van der Waals surface area contributed by atoms with Crippen molar-refractivity contribution >= 4 is 40.1 Å². The Bertz CT molecular complexity index is 791. The first-order chi connectivity index (χ1) is 10.2. The van der Waals surface area contributed by atoms with Crippen molar-refractivity contribution in [2.24, 2.45) is 0 Å². The molecule has 3 rings (SSSR count). The van der Waals surface area contributed by atoms with Gasteiger partial charge in [0, 0.05) is 27.5 Å². The SMILES string of the molecule is CCCc1nc(Cn2cc(C=O)c3ccc(Cl)cc32)cs1. The Morgan fingerprint density at radius 1 is 1.43 bits per heavy atom. The van der Waals surface area contributed by atoms with E-state index in [0.29, 0.717) is 17.1 Å². The lowest BCUT2D eigenvalue weighted by Crippen LogP contribution is -1.98. The maximum atomic E-state index is 11.2. The molecule has 0 aliphatic carbocycles. The normalized spacial score (nSPS) is 11.1. The number of rotatable bonds is 5. The Balaban J connectivity index is 1.99. The van der Waals surface area contributed by atoms with Crippen molar-refractivity contribution in [2.45, 2.75) is 26.3 Å². The van der Waals surface area contributed by atoms with Crippen molar-refractivity contribution in [3.63, 3.8) is 0 Å². The molecule has 0 fully saturated rings. The number of nitrogens with zero attached hydrogens (tertiary/aromatic N) is 2. The van der Waals surface area contributed by atoms with E-state index >= 15 is 0 Å². The third-order valence-electron chi connectivity index (χ3n) is 3.40. The zero-order valence-corrected chi connectivity index (χ0v) is 13.2. The van der Waals surface area contributed by atoms with Crippen molar-refractivity contribution in [3.05, 3.63) is 51.1 Å². The highest BCUT2D eigenvalue weighted by Gasteiger charge is 2.10. The molecule has 0 unspecified atom stereocenters. The molecule has 0 amide bonds. The number of fused-ring (bicyclic) bond motifs is 1. The van der Waals surface area contributed by atoms with Crippen LogP contribution in [0.3, 0.4) is 0 Å². The second-order valence-electron chi connectivity index (χ2n) is 4.97. The molecule has 1 aromatic carbocycles. The molecule has 5 heteroatoms. The van der Waals surface area contributed by atoms with Crippen LogP contribution in [0.2, 0.25) is 5.02 Å². The fraction of sp³-hybridized carbons (Fsp3) is 0.250. The van der Waals surface area contributed by atoms with Gasteiger partial charge in [0.25, 0.3) is 0 Å². The van der Waals surface area contributed by atoms with Gasteiger partial charge in [0.2, 0.25) is 0 Å². The largest absolute Gasteiger partial charge is 0.341 e. The Morgan fingerprint density at radius 3 is 3.05 bits per heavy atom. The number of benzene rings is 1. The molecule has 0 aliphatic heterocycles. The van der Waals surface area contributed by atoms with Crippen LogP contribution in [0.25, 0.3) is 10.9 Å². The fourth-order valence-electron chi connectivity index (χ4n) is 2.44. The van der Waals surface area contributed by atoms with Gasteiger partial charge < -0.3 is 4.57 Å². The fourth-order valence-corrected chi connectivity index (χ4v) is 3.50. The van der Waals surface area contributed by atoms with E-state index in [1.807, 2.05) is 29.0 Å². The van der Waals surface area contributed by atoms with E-state index in [-0.39, 0.29) is 0 Å². The number of thiazole rings is 1. The maximum absolute atomic E-state index is 11.2. The minimum Gasteiger partial charge on any atom is -0.341 e. The highest BCUT2D eigenvalue weighted by Crippen LogP contribution is 2.25. The number of aromatic nitrogens is 2. The van der Waals surface area contributed by atoms with Gasteiger partial charge in [0.15, 0.2) is 6.29 Å². The van der Waals surface area contributed by atoms with Crippen molar-refractivity contribution < 1.29 is 4.79 Å². The van der Waals surface area contributed by atoms with Crippen LogP contribution in [0.5, 0.6) is 0 Å². The topological polar surface area (TPSA) is 34.9 Å². The van der Waals surface area contributed by atoms with Crippen LogP contribution in [0, 0.1) is 0 Å². The van der Waals surface area contributed by atoms with Crippen LogP contribution in [0.4, 0.5) is 0 Å². The van der Waals surface area contributed by atoms with E-state index in [2.05, 4.69) is 17.3 Å². The quantitative estimate of drug-likeness (QED) is 0.646. The number of hydrogen-bond donors (Lipinski definition) is 0. The molecule has 108 valence electrons. The molecule has 2 heterocycles. The lowest BCUT2D eigenvalue weighted by molar-refractivity contribution is 0.112. The summed E-state index contributed by atoms with van der Waals surface area (Å²) in [6.07, 6.45) is 4.87. The molecule has 0 bridgehead atoms. The molecule has 0 aliphatic rings. The van der Waals surface area contributed by atoms with Crippen LogP contribution >= 0.6 is 22.9 Å². The van der Waals surface area contributed by atoms with Gasteiger partial charge in [-0.2, -0.15) is 0 Å². The van der Waals surface area contributed by atoms with Gasteiger partial charge in [-0.15, -0.1) is 11.3 Å². The smallest absolute Gasteiger partial charge is 0.152 e. The third-order valence-corrected chi connectivity index (χ3v) is 4.59. The van der Waals surface area contributed by atoms with Gasteiger partial charge >= 0.3 is 0 Å². The summed E-state index contributed by atoms with van der Waals surface area (Å²) in [5, 5.41) is 4.85. The average molecular weight is 319 g/mol. The Kier molecular flexibility index (Phi) is 4.08. The molecule has 0 saturated carbocycles. The molecule has 3 nitrogen and oxygen atoms in total. The second-order valence-corrected chi connectivity index (χ2v) is 6.35. The number of aryl methyl sites for hydroxylation is 1. The Hall–Kier alpha value is -1.65. The highest BCUT2D eigenvalue weighted by molar-refractivity contribution is 7.09. The summed E-state index contributed by atoms with van der Waals surface area (Å²) < 4.78 is 2.04. The van der Waals surface area contributed by atoms with E-state index in [1.54, 1.807) is 11.3 Å². The Labute approximate surface area is 132 Å². The molecule has 2 aromatic heterocycles. The van der Waals surface area contributed by atoms with Crippen LogP contribution in [0.15, 0.2) is 29.8 Å². The average Bonchev–Trinajstić information content (AvgIpc) is 3.05. The summed E-state index contributed by atoms with van der Waals surface area (Å²) in [6, 6.07) is 5.59. The van der Waals surface area contributed by atoms with E-state index in [9.17, 15) is 4.79 Å². The van der Waals surface area contributed by atoms with Crippen molar-refractivity contribution in [3.8, 4) is 0 Å². The number of carbonyl (C=O) groups is 1. The predicted octanol–water partition coefficient (Wildman–Crippen LogP) is 4.56. The summed E-state index contributed by atoms with van der Waals surface area (Å²) in [5.41, 5.74) is 2.68.